The fourth-order valence-corrected chi connectivity index (χ4v) is 2.35. The summed E-state index contributed by atoms with van der Waals surface area (Å²) in [6, 6.07) is 3.84. The van der Waals surface area contributed by atoms with E-state index in [4.69, 9.17) is 4.74 Å². The highest BCUT2D eigenvalue weighted by atomic mass is 32.2. The SMILES string of the molecule is O=C(CSc1ccncc1)C1CCOC1. The molecule has 2 heterocycles. The zero-order valence-corrected chi connectivity index (χ0v) is 9.20. The van der Waals surface area contributed by atoms with Crippen LogP contribution in [-0.2, 0) is 9.53 Å². The standard InChI is InChI=1S/C11H13NO2S/c13-11(9-3-6-14-7-9)8-15-10-1-4-12-5-2-10/h1-2,4-5,9H,3,6-8H2. The number of ketones is 1. The van der Waals surface area contributed by atoms with Crippen molar-refractivity contribution in [1.29, 1.82) is 0 Å². The van der Waals surface area contributed by atoms with E-state index in [-0.39, 0.29) is 5.92 Å². The van der Waals surface area contributed by atoms with Crippen LogP contribution in [0.25, 0.3) is 0 Å². The summed E-state index contributed by atoms with van der Waals surface area (Å²) in [5, 5.41) is 0. The van der Waals surface area contributed by atoms with Gasteiger partial charge >= 0.3 is 0 Å². The number of nitrogens with zero attached hydrogens (tertiary/aromatic N) is 1. The van der Waals surface area contributed by atoms with Crippen LogP contribution in [0.15, 0.2) is 29.4 Å². The summed E-state index contributed by atoms with van der Waals surface area (Å²) in [6.45, 7) is 1.34. The maximum atomic E-state index is 11.7. The summed E-state index contributed by atoms with van der Waals surface area (Å²) in [6.07, 6.45) is 4.37. The topological polar surface area (TPSA) is 39.2 Å². The predicted molar refractivity (Wildman–Crippen MR) is 58.9 cm³/mol. The summed E-state index contributed by atoms with van der Waals surface area (Å²) < 4.78 is 5.19. The third kappa shape index (κ3) is 3.04. The Morgan fingerprint density at radius 3 is 3.00 bits per heavy atom. The molecule has 2 rings (SSSR count). The Morgan fingerprint density at radius 1 is 1.53 bits per heavy atom. The third-order valence-corrected chi connectivity index (χ3v) is 3.45. The van der Waals surface area contributed by atoms with E-state index in [1.165, 1.54) is 0 Å². The number of carbonyl (C=O) groups excluding carboxylic acids is 1. The van der Waals surface area contributed by atoms with Gasteiger partial charge in [0.05, 0.1) is 12.4 Å². The highest BCUT2D eigenvalue weighted by Gasteiger charge is 2.22. The van der Waals surface area contributed by atoms with E-state index < -0.39 is 0 Å². The van der Waals surface area contributed by atoms with Crippen molar-refractivity contribution >= 4 is 17.5 Å². The van der Waals surface area contributed by atoms with E-state index in [1.54, 1.807) is 24.2 Å². The number of hydrogen-bond acceptors (Lipinski definition) is 4. The quantitative estimate of drug-likeness (QED) is 0.729. The summed E-state index contributed by atoms with van der Waals surface area (Å²) in [7, 11) is 0. The van der Waals surface area contributed by atoms with Crippen LogP contribution in [0.2, 0.25) is 0 Å². The van der Waals surface area contributed by atoms with E-state index in [1.807, 2.05) is 12.1 Å². The van der Waals surface area contributed by atoms with Crippen LogP contribution < -0.4 is 0 Å². The second-order valence-corrected chi connectivity index (χ2v) is 4.55. The van der Waals surface area contributed by atoms with Gasteiger partial charge in [-0.25, -0.2) is 0 Å². The third-order valence-electron chi connectivity index (χ3n) is 2.42. The van der Waals surface area contributed by atoms with E-state index in [0.29, 0.717) is 18.1 Å². The van der Waals surface area contributed by atoms with Gasteiger partial charge in [-0.1, -0.05) is 0 Å². The van der Waals surface area contributed by atoms with Gasteiger partial charge in [0, 0.05) is 29.8 Å². The molecule has 0 radical (unpaired) electrons. The Balaban J connectivity index is 1.80. The molecule has 1 aliphatic rings. The number of hydrogen-bond donors (Lipinski definition) is 0. The number of thioether (sulfide) groups is 1. The van der Waals surface area contributed by atoms with Crippen molar-refractivity contribution in [3.05, 3.63) is 24.5 Å². The molecule has 1 aromatic rings. The summed E-state index contributed by atoms with van der Waals surface area (Å²) in [4.78, 5) is 16.7. The van der Waals surface area contributed by atoms with Crippen LogP contribution in [0.5, 0.6) is 0 Å². The maximum Gasteiger partial charge on any atom is 0.148 e. The highest BCUT2D eigenvalue weighted by molar-refractivity contribution is 8.00. The normalized spacial score (nSPS) is 20.4. The fourth-order valence-electron chi connectivity index (χ4n) is 1.50. The molecule has 0 saturated carbocycles. The molecule has 3 nitrogen and oxygen atoms in total. The molecule has 0 aromatic carbocycles. The minimum atomic E-state index is 0.124. The molecule has 80 valence electrons. The average molecular weight is 223 g/mol. The number of aromatic nitrogens is 1. The van der Waals surface area contributed by atoms with Gasteiger partial charge in [0.2, 0.25) is 0 Å². The molecule has 1 atom stereocenters. The summed E-state index contributed by atoms with van der Waals surface area (Å²) >= 11 is 1.57. The van der Waals surface area contributed by atoms with Gasteiger partial charge in [0.1, 0.15) is 5.78 Å². The van der Waals surface area contributed by atoms with Gasteiger partial charge in [0.25, 0.3) is 0 Å². The van der Waals surface area contributed by atoms with Gasteiger partial charge < -0.3 is 4.74 Å². The highest BCUT2D eigenvalue weighted by Crippen LogP contribution is 2.20. The fraction of sp³-hybridized carbons (Fsp3) is 0.455. The minimum Gasteiger partial charge on any atom is -0.381 e. The molecular formula is C11H13NO2S. The Bertz CT molecular complexity index is 323. The number of Topliss-reactive ketones (excluding diaryl/α,β-unsaturated/α-hetero) is 1. The Kier molecular flexibility index (Phi) is 3.75. The number of pyridine rings is 1. The molecule has 1 aromatic heterocycles. The summed E-state index contributed by atoms with van der Waals surface area (Å²) in [5.41, 5.74) is 0. The van der Waals surface area contributed by atoms with Crippen LogP contribution in [0.3, 0.4) is 0 Å². The van der Waals surface area contributed by atoms with Crippen molar-refractivity contribution in [3.63, 3.8) is 0 Å². The molecular weight excluding hydrogens is 210 g/mol. The lowest BCUT2D eigenvalue weighted by atomic mass is 10.1. The van der Waals surface area contributed by atoms with Crippen LogP contribution in [0.1, 0.15) is 6.42 Å². The largest absolute Gasteiger partial charge is 0.381 e. The van der Waals surface area contributed by atoms with E-state index in [9.17, 15) is 4.79 Å². The van der Waals surface area contributed by atoms with Crippen molar-refractivity contribution in [1.82, 2.24) is 4.98 Å². The van der Waals surface area contributed by atoms with Crippen LogP contribution in [0.4, 0.5) is 0 Å². The second kappa shape index (κ2) is 5.28. The molecule has 1 unspecified atom stereocenters. The lowest BCUT2D eigenvalue weighted by molar-refractivity contribution is -0.120. The Hall–Kier alpha value is -0.870. The first kappa shape index (κ1) is 10.6. The molecule has 0 amide bonds. The molecule has 4 heteroatoms. The average Bonchev–Trinajstić information content (AvgIpc) is 2.81. The minimum absolute atomic E-state index is 0.124. The van der Waals surface area contributed by atoms with Crippen LogP contribution >= 0.6 is 11.8 Å². The maximum absolute atomic E-state index is 11.7. The molecule has 0 spiro atoms. The van der Waals surface area contributed by atoms with Crippen LogP contribution in [-0.4, -0.2) is 29.7 Å². The molecule has 0 aliphatic carbocycles. The van der Waals surface area contributed by atoms with Crippen molar-refractivity contribution in [2.45, 2.75) is 11.3 Å². The van der Waals surface area contributed by atoms with Crippen molar-refractivity contribution in [2.24, 2.45) is 5.92 Å². The van der Waals surface area contributed by atoms with Crippen molar-refractivity contribution in [3.8, 4) is 0 Å². The molecule has 1 aliphatic heterocycles. The zero-order valence-electron chi connectivity index (χ0n) is 8.39. The number of rotatable bonds is 4. The first-order chi connectivity index (χ1) is 7.36. The van der Waals surface area contributed by atoms with Gasteiger partial charge in [-0.05, 0) is 18.6 Å². The lowest BCUT2D eigenvalue weighted by Gasteiger charge is -2.05. The molecule has 0 N–H and O–H groups in total. The van der Waals surface area contributed by atoms with Crippen LogP contribution in [0, 0.1) is 5.92 Å². The summed E-state index contributed by atoms with van der Waals surface area (Å²) in [5.74, 6) is 0.964. The van der Waals surface area contributed by atoms with E-state index in [0.717, 1.165) is 17.9 Å². The van der Waals surface area contributed by atoms with Crippen molar-refractivity contribution in [2.75, 3.05) is 19.0 Å². The predicted octanol–water partition coefficient (Wildman–Crippen LogP) is 1.78. The lowest BCUT2D eigenvalue weighted by Crippen LogP contribution is -2.16. The molecule has 1 saturated heterocycles. The van der Waals surface area contributed by atoms with E-state index in [2.05, 4.69) is 4.98 Å². The number of carbonyl (C=O) groups is 1. The Labute approximate surface area is 93.2 Å². The first-order valence-corrected chi connectivity index (χ1v) is 5.98. The number of ether oxygens (including phenoxy) is 1. The van der Waals surface area contributed by atoms with E-state index >= 15 is 0 Å². The van der Waals surface area contributed by atoms with Gasteiger partial charge in [-0.2, -0.15) is 0 Å². The molecule has 15 heavy (non-hydrogen) atoms. The second-order valence-electron chi connectivity index (χ2n) is 3.50. The Morgan fingerprint density at radius 2 is 2.33 bits per heavy atom. The molecule has 1 fully saturated rings. The zero-order chi connectivity index (χ0) is 10.5. The smallest absolute Gasteiger partial charge is 0.148 e. The van der Waals surface area contributed by atoms with Gasteiger partial charge in [-0.3, -0.25) is 9.78 Å². The monoisotopic (exact) mass is 223 g/mol. The first-order valence-electron chi connectivity index (χ1n) is 4.99. The van der Waals surface area contributed by atoms with Gasteiger partial charge in [-0.15, -0.1) is 11.8 Å². The van der Waals surface area contributed by atoms with Gasteiger partial charge in [0.15, 0.2) is 0 Å². The van der Waals surface area contributed by atoms with Crippen molar-refractivity contribution < 1.29 is 9.53 Å². The molecule has 0 bridgehead atoms.